The maximum atomic E-state index is 13.0. The van der Waals surface area contributed by atoms with Crippen LogP contribution in [-0.2, 0) is 28.5 Å². The van der Waals surface area contributed by atoms with Crippen LogP contribution in [0.4, 0.5) is 19.0 Å². The number of alkyl halides is 3. The molecule has 0 saturated carbocycles. The Morgan fingerprint density at radius 3 is 2.38 bits per heavy atom. The number of hydrogen-bond acceptors (Lipinski definition) is 9. The molecule has 4 radical (unpaired) electrons. The highest BCUT2D eigenvalue weighted by molar-refractivity contribution is 7.87. The number of aryl methyl sites for hydroxylation is 1. The number of rotatable bonds is 10. The largest absolute Gasteiger partial charge is 0.393 e. The molecule has 2 aliphatic heterocycles. The smallest absolute Gasteiger partial charge is 0.367 e. The van der Waals surface area contributed by atoms with E-state index in [2.05, 4.69) is 41.9 Å². The number of halogens is 3. The summed E-state index contributed by atoms with van der Waals surface area (Å²) in [6, 6.07) is 8.69. The Morgan fingerprint density at radius 2 is 1.77 bits per heavy atom. The quantitative estimate of drug-likeness (QED) is 0.232. The van der Waals surface area contributed by atoms with E-state index in [1.54, 1.807) is 4.57 Å². The first-order valence-electron chi connectivity index (χ1n) is 17.3. The fourth-order valence-electron chi connectivity index (χ4n) is 7.84. The van der Waals surface area contributed by atoms with Gasteiger partial charge in [-0.1, -0.05) is 6.07 Å². The first-order valence-corrected chi connectivity index (χ1v) is 19.6. The molecule has 0 bridgehead atoms. The highest BCUT2D eigenvalue weighted by Gasteiger charge is 2.42. The van der Waals surface area contributed by atoms with Gasteiger partial charge in [0.25, 0.3) is 10.2 Å². The zero-order valence-electron chi connectivity index (χ0n) is 29.9. The maximum Gasteiger partial charge on any atom is 0.393 e. The van der Waals surface area contributed by atoms with Gasteiger partial charge in [0.2, 0.25) is 0 Å². The average molecular weight is 752 g/mol. The molecular weight excluding hydrogens is 709 g/mol. The standard InChI is InChI=1S/C34H42B2F3N9O2S2/c1-20-16-46(17-21(2)48(20)52(49,50)41-5)23(4)34(35,36)47-26(15-40)12-28-22(3)24(6-7-30(28)47)18-45-10-8-25(9-11-45)44-31-29-13-27(14-33(37,38)39)51-32(29)43-19-42-31/h6-7,12-13,19-21,23,25,41H,8-11,14,16-18H2,1-5H3,(H,42,43,44)/t20-,21-,23?/m1/s1. The van der Waals surface area contributed by atoms with E-state index in [0.29, 0.717) is 41.4 Å². The number of aromatic nitrogens is 3. The molecule has 4 aromatic rings. The number of piperidine rings is 1. The van der Waals surface area contributed by atoms with E-state index in [1.807, 2.05) is 39.8 Å². The van der Waals surface area contributed by atoms with Crippen LogP contribution in [0, 0.1) is 18.3 Å². The van der Waals surface area contributed by atoms with Crippen molar-refractivity contribution in [3.8, 4) is 6.07 Å². The molecule has 5 heterocycles. The van der Waals surface area contributed by atoms with Crippen LogP contribution in [0.15, 0.2) is 30.6 Å². The van der Waals surface area contributed by atoms with Crippen LogP contribution in [0.5, 0.6) is 0 Å². The predicted octanol–water partition coefficient (Wildman–Crippen LogP) is 4.20. The van der Waals surface area contributed by atoms with Crippen molar-refractivity contribution in [2.75, 3.05) is 38.5 Å². The van der Waals surface area contributed by atoms with Gasteiger partial charge in [0, 0.05) is 79.7 Å². The van der Waals surface area contributed by atoms with Crippen LogP contribution >= 0.6 is 11.3 Å². The minimum absolute atomic E-state index is 0.113. The normalized spacial score (nSPS) is 21.1. The van der Waals surface area contributed by atoms with Crippen molar-refractivity contribution >= 4 is 64.2 Å². The van der Waals surface area contributed by atoms with Crippen LogP contribution in [0.3, 0.4) is 0 Å². The second-order valence-corrected chi connectivity index (χ2v) is 17.0. The third-order valence-corrected chi connectivity index (χ3v) is 13.4. The maximum absolute atomic E-state index is 13.0. The molecule has 2 fully saturated rings. The van der Waals surface area contributed by atoms with Crippen LogP contribution in [0.25, 0.3) is 21.1 Å². The summed E-state index contributed by atoms with van der Waals surface area (Å²) < 4.78 is 69.9. The second kappa shape index (κ2) is 14.6. The van der Waals surface area contributed by atoms with Gasteiger partial charge in [-0.3, -0.25) is 9.80 Å². The summed E-state index contributed by atoms with van der Waals surface area (Å²) in [5.74, 6) is 0.561. The molecule has 1 unspecified atom stereocenters. The number of nitriles is 1. The van der Waals surface area contributed by atoms with Gasteiger partial charge in [0.1, 0.15) is 28.7 Å². The summed E-state index contributed by atoms with van der Waals surface area (Å²) in [4.78, 5) is 13.7. The Morgan fingerprint density at radius 1 is 1.10 bits per heavy atom. The Bertz CT molecular complexity index is 2080. The van der Waals surface area contributed by atoms with Crippen molar-refractivity contribution in [2.24, 2.45) is 0 Å². The van der Waals surface area contributed by atoms with E-state index >= 15 is 0 Å². The molecule has 6 rings (SSSR count). The molecule has 1 aromatic carbocycles. The SMILES string of the molecule is [B]C([B])(C(C)N1C[C@@H](C)N(S(=O)(=O)NC)[C@H](C)C1)n1c(C#N)cc2c(C)c(CN3CCC(Nc4ncnc5sc(CC(F)(F)F)cc45)CC3)ccc21. The molecule has 2 aliphatic rings. The molecule has 2 N–H and O–H groups in total. The van der Waals surface area contributed by atoms with Gasteiger partial charge >= 0.3 is 6.18 Å². The van der Waals surface area contributed by atoms with E-state index in [1.165, 1.54) is 23.7 Å². The van der Waals surface area contributed by atoms with Gasteiger partial charge in [-0.25, -0.2) is 14.7 Å². The highest BCUT2D eigenvalue weighted by Crippen LogP contribution is 2.35. The van der Waals surface area contributed by atoms with Gasteiger partial charge in [-0.05, 0) is 75.2 Å². The summed E-state index contributed by atoms with van der Waals surface area (Å²) in [5, 5.41) is 13.7. The minimum Gasteiger partial charge on any atom is -0.367 e. The Kier molecular flexibility index (Phi) is 10.8. The van der Waals surface area contributed by atoms with Gasteiger partial charge in [-0.2, -0.15) is 31.2 Å². The van der Waals surface area contributed by atoms with Crippen LogP contribution in [-0.4, -0.2) is 116 Å². The monoisotopic (exact) mass is 751 g/mol. The lowest BCUT2D eigenvalue weighted by Gasteiger charge is -2.50. The number of thiophene rings is 1. The first kappa shape index (κ1) is 38.5. The van der Waals surface area contributed by atoms with Gasteiger partial charge < -0.3 is 9.88 Å². The molecule has 3 atom stereocenters. The second-order valence-electron chi connectivity index (χ2n) is 14.2. The Hall–Kier alpha value is -3.20. The van der Waals surface area contributed by atoms with Crippen molar-refractivity contribution in [1.82, 2.24) is 33.4 Å². The summed E-state index contributed by atoms with van der Waals surface area (Å²) in [7, 11) is 11.6. The van der Waals surface area contributed by atoms with Crippen molar-refractivity contribution in [3.05, 3.63) is 52.3 Å². The number of piperazine rings is 1. The van der Waals surface area contributed by atoms with E-state index in [0.717, 1.165) is 59.3 Å². The summed E-state index contributed by atoms with van der Waals surface area (Å²) in [6.45, 7) is 10.8. The molecule has 2 saturated heterocycles. The van der Waals surface area contributed by atoms with Crippen molar-refractivity contribution in [1.29, 1.82) is 5.26 Å². The third kappa shape index (κ3) is 7.58. The molecular formula is C34H42B2F3N9O2S2. The molecule has 52 heavy (non-hydrogen) atoms. The summed E-state index contributed by atoms with van der Waals surface area (Å²) in [6.07, 6.45) is -2.22. The highest BCUT2D eigenvalue weighted by atomic mass is 32.2. The lowest BCUT2D eigenvalue weighted by molar-refractivity contribution is -0.126. The zero-order valence-corrected chi connectivity index (χ0v) is 31.5. The van der Waals surface area contributed by atoms with E-state index < -0.39 is 34.2 Å². The number of nitrogens with zero attached hydrogens (tertiary/aromatic N) is 7. The van der Waals surface area contributed by atoms with Gasteiger partial charge in [0.15, 0.2) is 0 Å². The molecule has 0 amide bonds. The lowest BCUT2D eigenvalue weighted by atomic mass is 9.57. The predicted molar refractivity (Wildman–Crippen MR) is 200 cm³/mol. The first-order chi connectivity index (χ1) is 24.4. The number of anilines is 1. The Labute approximate surface area is 309 Å². The van der Waals surface area contributed by atoms with Gasteiger partial charge in [-0.15, -0.1) is 11.3 Å². The number of benzene rings is 1. The van der Waals surface area contributed by atoms with E-state index in [9.17, 15) is 26.9 Å². The minimum atomic E-state index is -4.28. The number of likely N-dealkylation sites (tertiary alicyclic amines) is 1. The average Bonchev–Trinajstić information content (AvgIpc) is 3.67. The number of nitrogens with one attached hydrogen (secondary N) is 2. The van der Waals surface area contributed by atoms with Crippen LogP contribution in [0.1, 0.15) is 55.3 Å². The fourth-order valence-corrected chi connectivity index (χ4v) is 10.2. The lowest BCUT2D eigenvalue weighted by Crippen LogP contribution is -2.65. The van der Waals surface area contributed by atoms with Crippen molar-refractivity contribution in [2.45, 2.75) is 89.2 Å². The molecule has 0 aliphatic carbocycles. The van der Waals surface area contributed by atoms with Gasteiger partial charge in [0.05, 0.1) is 27.5 Å². The van der Waals surface area contributed by atoms with Crippen LogP contribution < -0.4 is 10.0 Å². The summed E-state index contributed by atoms with van der Waals surface area (Å²) in [5.41, 5.74) is 3.23. The third-order valence-electron chi connectivity index (χ3n) is 10.6. The van der Waals surface area contributed by atoms with E-state index in [4.69, 9.17) is 15.7 Å². The molecule has 3 aromatic heterocycles. The van der Waals surface area contributed by atoms with E-state index in [-0.39, 0.29) is 23.0 Å². The summed E-state index contributed by atoms with van der Waals surface area (Å²) >= 11 is 1.04. The molecule has 274 valence electrons. The topological polar surface area (TPSA) is 122 Å². The molecule has 11 nitrogen and oxygen atoms in total. The zero-order chi connectivity index (χ0) is 37.7. The number of fused-ring (bicyclic) bond motifs is 2. The fraction of sp³-hybridized carbons (Fsp3) is 0.559. The van der Waals surface area contributed by atoms with Crippen molar-refractivity contribution in [3.63, 3.8) is 0 Å². The van der Waals surface area contributed by atoms with Crippen LogP contribution in [0.2, 0.25) is 0 Å². The molecule has 0 spiro atoms. The number of hydrogen-bond donors (Lipinski definition) is 2. The Balaban J connectivity index is 1.14. The van der Waals surface area contributed by atoms with Crippen molar-refractivity contribution < 1.29 is 21.6 Å². The molecule has 18 heteroatoms.